The minimum absolute atomic E-state index is 0.309. The molecule has 6 heteroatoms. The molecule has 1 aromatic rings. The quantitative estimate of drug-likeness (QED) is 0.888. The molecular formula is C10H16N2O2S2. The number of thiazole rings is 1. The Morgan fingerprint density at radius 3 is 3.00 bits per heavy atom. The third kappa shape index (κ3) is 2.44. The molecule has 1 fully saturated rings. The van der Waals surface area contributed by atoms with Gasteiger partial charge in [-0.15, -0.1) is 11.3 Å². The fraction of sp³-hybridized carbons (Fsp3) is 0.700. The molecule has 4 nitrogen and oxygen atoms in total. The third-order valence-electron chi connectivity index (χ3n) is 2.82. The first-order chi connectivity index (χ1) is 7.63. The Balaban J connectivity index is 2.22. The molecule has 0 aromatic carbocycles. The van der Waals surface area contributed by atoms with E-state index in [1.54, 1.807) is 6.20 Å². The van der Waals surface area contributed by atoms with Crippen LogP contribution in [0.3, 0.4) is 0 Å². The van der Waals surface area contributed by atoms with Crippen LogP contribution in [0.1, 0.15) is 34.4 Å². The van der Waals surface area contributed by atoms with Crippen molar-refractivity contribution in [2.45, 2.75) is 30.9 Å². The lowest BCUT2D eigenvalue weighted by molar-refractivity contribution is 0.545. The van der Waals surface area contributed by atoms with Gasteiger partial charge in [-0.2, -0.15) is 0 Å². The molecule has 0 bridgehead atoms. The Labute approximate surface area is 99.8 Å². The Bertz CT molecular complexity index is 453. The maximum Gasteiger partial charge on any atom is 0.159 e. The molecule has 1 aromatic heterocycles. The average Bonchev–Trinajstić information content (AvgIpc) is 2.66. The van der Waals surface area contributed by atoms with Crippen LogP contribution in [0.2, 0.25) is 0 Å². The highest BCUT2D eigenvalue weighted by Gasteiger charge is 2.32. The van der Waals surface area contributed by atoms with Crippen LogP contribution in [0.15, 0.2) is 6.20 Å². The molecule has 0 amide bonds. The van der Waals surface area contributed by atoms with E-state index < -0.39 is 9.84 Å². The highest BCUT2D eigenvalue weighted by Crippen LogP contribution is 2.35. The SMILES string of the molecule is NCCc1cnc(C2CCCCS2(=O)=O)s1. The van der Waals surface area contributed by atoms with E-state index >= 15 is 0 Å². The molecule has 2 N–H and O–H groups in total. The van der Waals surface area contributed by atoms with Crippen molar-refractivity contribution >= 4 is 21.2 Å². The molecule has 1 aliphatic heterocycles. The molecule has 1 aliphatic rings. The number of hydrogen-bond donors (Lipinski definition) is 1. The van der Waals surface area contributed by atoms with Crippen molar-refractivity contribution in [3.05, 3.63) is 16.1 Å². The minimum atomic E-state index is -2.96. The summed E-state index contributed by atoms with van der Waals surface area (Å²) in [7, 11) is -2.96. The van der Waals surface area contributed by atoms with Gasteiger partial charge in [-0.05, 0) is 25.8 Å². The Morgan fingerprint density at radius 1 is 1.50 bits per heavy atom. The van der Waals surface area contributed by atoms with E-state index in [4.69, 9.17) is 5.73 Å². The molecule has 0 spiro atoms. The predicted molar refractivity (Wildman–Crippen MR) is 65.3 cm³/mol. The van der Waals surface area contributed by atoms with E-state index in [0.717, 1.165) is 35.6 Å². The molecule has 0 aliphatic carbocycles. The van der Waals surface area contributed by atoms with Crippen molar-refractivity contribution in [2.24, 2.45) is 5.73 Å². The lowest BCUT2D eigenvalue weighted by Crippen LogP contribution is -2.21. The zero-order valence-corrected chi connectivity index (χ0v) is 10.7. The van der Waals surface area contributed by atoms with Gasteiger partial charge >= 0.3 is 0 Å². The standard InChI is InChI=1S/C10H16N2O2S2/c11-5-4-8-7-12-10(15-8)9-3-1-2-6-16(9,13)14/h7,9H,1-6,11H2. The number of hydrogen-bond acceptors (Lipinski definition) is 5. The Kier molecular flexibility index (Phi) is 3.61. The molecular weight excluding hydrogens is 244 g/mol. The van der Waals surface area contributed by atoms with E-state index in [9.17, 15) is 8.42 Å². The highest BCUT2D eigenvalue weighted by atomic mass is 32.2. The van der Waals surface area contributed by atoms with Crippen LogP contribution in [-0.2, 0) is 16.3 Å². The summed E-state index contributed by atoms with van der Waals surface area (Å²) in [6.07, 6.45) is 5.04. The zero-order chi connectivity index (χ0) is 11.6. The van der Waals surface area contributed by atoms with Gasteiger partial charge < -0.3 is 5.73 Å². The lowest BCUT2D eigenvalue weighted by atomic mass is 10.2. The first-order valence-corrected chi connectivity index (χ1v) is 8.03. The molecule has 16 heavy (non-hydrogen) atoms. The highest BCUT2D eigenvalue weighted by molar-refractivity contribution is 7.91. The van der Waals surface area contributed by atoms with E-state index in [2.05, 4.69) is 4.98 Å². The van der Waals surface area contributed by atoms with Gasteiger partial charge in [-0.1, -0.05) is 6.42 Å². The molecule has 90 valence electrons. The van der Waals surface area contributed by atoms with Crippen molar-refractivity contribution < 1.29 is 8.42 Å². The van der Waals surface area contributed by atoms with Gasteiger partial charge in [0, 0.05) is 11.1 Å². The maximum atomic E-state index is 11.9. The first kappa shape index (κ1) is 12.0. The van der Waals surface area contributed by atoms with Crippen LogP contribution in [-0.4, -0.2) is 25.7 Å². The predicted octanol–water partition coefficient (Wildman–Crippen LogP) is 1.28. The molecule has 2 heterocycles. The van der Waals surface area contributed by atoms with Crippen molar-refractivity contribution in [1.82, 2.24) is 4.98 Å². The molecule has 0 saturated carbocycles. The van der Waals surface area contributed by atoms with Gasteiger partial charge in [0.25, 0.3) is 0 Å². The summed E-state index contributed by atoms with van der Waals surface area (Å²) in [5, 5.41) is 0.390. The van der Waals surface area contributed by atoms with Gasteiger partial charge in [-0.25, -0.2) is 13.4 Å². The van der Waals surface area contributed by atoms with Gasteiger partial charge in [0.1, 0.15) is 10.3 Å². The Morgan fingerprint density at radius 2 is 2.31 bits per heavy atom. The second-order valence-corrected chi connectivity index (χ2v) is 7.50. The van der Waals surface area contributed by atoms with Crippen LogP contribution in [0.4, 0.5) is 0 Å². The largest absolute Gasteiger partial charge is 0.330 e. The monoisotopic (exact) mass is 260 g/mol. The topological polar surface area (TPSA) is 73.0 Å². The number of aromatic nitrogens is 1. The van der Waals surface area contributed by atoms with Crippen LogP contribution < -0.4 is 5.73 Å². The molecule has 1 unspecified atom stereocenters. The molecule has 1 atom stereocenters. The van der Waals surface area contributed by atoms with E-state index in [-0.39, 0.29) is 5.25 Å². The van der Waals surface area contributed by atoms with Crippen LogP contribution in [0.25, 0.3) is 0 Å². The molecule has 0 radical (unpaired) electrons. The van der Waals surface area contributed by atoms with Crippen molar-refractivity contribution in [2.75, 3.05) is 12.3 Å². The summed E-state index contributed by atoms with van der Waals surface area (Å²) in [5.74, 6) is 0.309. The number of rotatable bonds is 3. The number of sulfone groups is 1. The Hall–Kier alpha value is -0.460. The summed E-state index contributed by atoms with van der Waals surface area (Å²) < 4.78 is 23.8. The third-order valence-corrected chi connectivity index (χ3v) is 6.32. The number of nitrogens with zero attached hydrogens (tertiary/aromatic N) is 1. The van der Waals surface area contributed by atoms with Gasteiger partial charge in [0.05, 0.1) is 5.75 Å². The molecule has 2 rings (SSSR count). The van der Waals surface area contributed by atoms with Gasteiger partial charge in [-0.3, -0.25) is 0 Å². The summed E-state index contributed by atoms with van der Waals surface area (Å²) in [6, 6.07) is 0. The van der Waals surface area contributed by atoms with Crippen LogP contribution in [0, 0.1) is 0 Å². The van der Waals surface area contributed by atoms with Crippen molar-refractivity contribution in [3.8, 4) is 0 Å². The normalized spacial score (nSPS) is 24.4. The minimum Gasteiger partial charge on any atom is -0.330 e. The van der Waals surface area contributed by atoms with Crippen molar-refractivity contribution in [3.63, 3.8) is 0 Å². The van der Waals surface area contributed by atoms with E-state index in [1.807, 2.05) is 0 Å². The first-order valence-electron chi connectivity index (χ1n) is 5.50. The molecule has 1 saturated heterocycles. The number of nitrogens with two attached hydrogens (primary N) is 1. The van der Waals surface area contributed by atoms with E-state index in [1.165, 1.54) is 11.3 Å². The fourth-order valence-electron chi connectivity index (χ4n) is 1.96. The smallest absolute Gasteiger partial charge is 0.159 e. The van der Waals surface area contributed by atoms with Crippen molar-refractivity contribution in [1.29, 1.82) is 0 Å². The summed E-state index contributed by atoms with van der Waals surface area (Å²) in [4.78, 5) is 5.32. The summed E-state index contributed by atoms with van der Waals surface area (Å²) >= 11 is 1.50. The maximum absolute atomic E-state index is 11.9. The van der Waals surface area contributed by atoms with Gasteiger partial charge in [0.15, 0.2) is 9.84 Å². The zero-order valence-electron chi connectivity index (χ0n) is 9.05. The van der Waals surface area contributed by atoms with Gasteiger partial charge in [0.2, 0.25) is 0 Å². The summed E-state index contributed by atoms with van der Waals surface area (Å²) in [6.45, 7) is 0.582. The fourth-order valence-corrected chi connectivity index (χ4v) is 5.28. The van der Waals surface area contributed by atoms with Crippen LogP contribution >= 0.6 is 11.3 Å². The average molecular weight is 260 g/mol. The second-order valence-electron chi connectivity index (χ2n) is 4.05. The summed E-state index contributed by atoms with van der Waals surface area (Å²) in [5.41, 5.74) is 5.46. The lowest BCUT2D eigenvalue weighted by Gasteiger charge is -2.19. The van der Waals surface area contributed by atoms with E-state index in [0.29, 0.717) is 12.3 Å². The van der Waals surface area contributed by atoms with Crippen LogP contribution in [0.5, 0.6) is 0 Å². The second kappa shape index (κ2) is 4.81.